The molecule has 4 atom stereocenters. The van der Waals surface area contributed by atoms with Gasteiger partial charge in [-0.15, -0.1) is 0 Å². The summed E-state index contributed by atoms with van der Waals surface area (Å²) in [4.78, 5) is 38.8. The molecule has 2 heterocycles. The second kappa shape index (κ2) is 12.2. The number of imide groups is 1. The third-order valence-electron chi connectivity index (χ3n) is 8.01. The van der Waals surface area contributed by atoms with Crippen LogP contribution in [0.5, 0.6) is 5.75 Å². The third-order valence-corrected chi connectivity index (χ3v) is 8.50. The molecular formula is C28H35BBrNO7. The van der Waals surface area contributed by atoms with E-state index in [-0.39, 0.29) is 42.3 Å². The molecule has 4 rings (SSSR count). The van der Waals surface area contributed by atoms with Gasteiger partial charge in [0.25, 0.3) is 0 Å². The van der Waals surface area contributed by atoms with E-state index in [4.69, 9.17) is 9.76 Å². The minimum absolute atomic E-state index is 0.0830. The number of benzene rings is 1. The number of carboxylic acid groups (broad SMARTS) is 1. The van der Waals surface area contributed by atoms with Crippen molar-refractivity contribution >= 4 is 46.9 Å². The summed E-state index contributed by atoms with van der Waals surface area (Å²) in [6.45, 7) is 4.30. The smallest absolute Gasteiger partial charge is 0.455 e. The number of amides is 2. The molecule has 3 aliphatic rings. The number of phenols is 1. The number of likely N-dealkylation sites (tertiary alicyclic amines) is 1. The molecule has 0 spiro atoms. The van der Waals surface area contributed by atoms with Crippen LogP contribution in [0.15, 0.2) is 39.4 Å². The van der Waals surface area contributed by atoms with Gasteiger partial charge in [-0.05, 0) is 82.0 Å². The van der Waals surface area contributed by atoms with Gasteiger partial charge in [-0.1, -0.05) is 39.6 Å². The molecule has 2 aliphatic heterocycles. The van der Waals surface area contributed by atoms with Crippen LogP contribution in [0, 0.1) is 17.8 Å². The average molecular weight is 588 g/mol. The maximum Gasteiger partial charge on any atom is 0.455 e. The first-order valence-corrected chi connectivity index (χ1v) is 14.1. The average Bonchev–Trinajstić information content (AvgIpc) is 3.08. The summed E-state index contributed by atoms with van der Waals surface area (Å²) in [7, 11) is -1.01. The van der Waals surface area contributed by atoms with E-state index in [1.54, 1.807) is 12.1 Å². The number of hydrogen-bond donors (Lipinski definition) is 3. The Morgan fingerprint density at radius 1 is 1.18 bits per heavy atom. The SMILES string of the molecule is CC1=C2[C@@H](CC/C(C)=C/c3cc(Br)ccc3O)OB(O)C[C@@H]2[C@@H]2C(=O)N(CCCCCC(=O)O)C(=O)[C@@H]2C1. The number of unbranched alkanes of at least 4 members (excludes halogenated alkanes) is 2. The molecule has 1 aromatic rings. The number of hydrogen-bond acceptors (Lipinski definition) is 6. The van der Waals surface area contributed by atoms with E-state index >= 15 is 0 Å². The summed E-state index contributed by atoms with van der Waals surface area (Å²) in [6.07, 6.45) is 5.50. The number of carboxylic acids is 1. The van der Waals surface area contributed by atoms with Crippen LogP contribution in [0.2, 0.25) is 6.32 Å². The van der Waals surface area contributed by atoms with Gasteiger partial charge in [0.1, 0.15) is 5.75 Å². The fraction of sp³-hybridized carbons (Fsp3) is 0.536. The zero-order chi connectivity index (χ0) is 27.6. The molecule has 0 radical (unpaired) electrons. The summed E-state index contributed by atoms with van der Waals surface area (Å²) in [6, 6.07) is 5.27. The van der Waals surface area contributed by atoms with Crippen LogP contribution in [-0.4, -0.2) is 57.7 Å². The number of aromatic hydroxyl groups is 1. The Kier molecular flexibility index (Phi) is 9.16. The lowest BCUT2D eigenvalue weighted by Gasteiger charge is -2.42. The van der Waals surface area contributed by atoms with Gasteiger partial charge in [0.2, 0.25) is 11.8 Å². The number of nitrogens with zero attached hydrogens (tertiary/aromatic N) is 1. The number of carbonyl (C=O) groups is 3. The fourth-order valence-electron chi connectivity index (χ4n) is 6.27. The molecule has 0 aromatic heterocycles. The molecule has 3 N–H and O–H groups in total. The van der Waals surface area contributed by atoms with Crippen molar-refractivity contribution in [2.75, 3.05) is 6.54 Å². The maximum absolute atomic E-state index is 13.5. The standard InChI is InChI=1S/C28H35BBrNO7/c1-16(12-18-14-19(30)8-9-22(18)32)7-10-23-25-17(2)13-20-26(21(25)15-29(37)38-23)28(36)31(27(20)35)11-5-3-4-6-24(33)34/h8-9,12,14,20-21,23,26,32,37H,3-7,10-11,13,15H2,1-2H3,(H,33,34)/b16-12+/t20-,21+,23-,26-/m1/s1. The highest BCUT2D eigenvalue weighted by Gasteiger charge is 2.56. The largest absolute Gasteiger partial charge is 0.507 e. The predicted molar refractivity (Wildman–Crippen MR) is 147 cm³/mol. The lowest BCUT2D eigenvalue weighted by atomic mass is 9.59. The Morgan fingerprint density at radius 3 is 2.68 bits per heavy atom. The van der Waals surface area contributed by atoms with Crippen LogP contribution < -0.4 is 0 Å². The van der Waals surface area contributed by atoms with Crippen molar-refractivity contribution in [3.8, 4) is 5.75 Å². The third kappa shape index (κ3) is 6.24. The number of fused-ring (bicyclic) bond motifs is 3. The molecule has 2 saturated heterocycles. The van der Waals surface area contributed by atoms with Crippen LogP contribution >= 0.6 is 15.9 Å². The van der Waals surface area contributed by atoms with E-state index in [0.29, 0.717) is 50.6 Å². The van der Waals surface area contributed by atoms with Gasteiger partial charge in [0.15, 0.2) is 0 Å². The van der Waals surface area contributed by atoms with Crippen molar-refractivity contribution in [3.05, 3.63) is 45.0 Å². The van der Waals surface area contributed by atoms with Crippen molar-refractivity contribution < 1.29 is 34.3 Å². The van der Waals surface area contributed by atoms with Gasteiger partial charge in [-0.2, -0.15) is 0 Å². The van der Waals surface area contributed by atoms with Crippen LogP contribution in [0.3, 0.4) is 0 Å². The van der Waals surface area contributed by atoms with Crippen LogP contribution in [0.25, 0.3) is 6.08 Å². The first-order valence-electron chi connectivity index (χ1n) is 13.3. The molecule has 0 saturated carbocycles. The monoisotopic (exact) mass is 587 g/mol. The summed E-state index contributed by atoms with van der Waals surface area (Å²) in [5, 5.41) is 29.6. The van der Waals surface area contributed by atoms with E-state index in [2.05, 4.69) is 15.9 Å². The molecule has 2 amide bonds. The molecule has 8 nitrogen and oxygen atoms in total. The fourth-order valence-corrected chi connectivity index (χ4v) is 6.64. The van der Waals surface area contributed by atoms with Crippen LogP contribution in [0.4, 0.5) is 0 Å². The number of allylic oxidation sites excluding steroid dienone is 2. The van der Waals surface area contributed by atoms with E-state index < -0.39 is 24.9 Å². The normalized spacial score (nSPS) is 25.6. The summed E-state index contributed by atoms with van der Waals surface area (Å²) in [5.74, 6) is -2.12. The Hall–Kier alpha value is -2.43. The molecule has 204 valence electrons. The highest BCUT2D eigenvalue weighted by Crippen LogP contribution is 2.50. The van der Waals surface area contributed by atoms with Gasteiger partial charge in [-0.25, -0.2) is 0 Å². The Labute approximate surface area is 232 Å². The zero-order valence-corrected chi connectivity index (χ0v) is 23.4. The lowest BCUT2D eigenvalue weighted by Crippen LogP contribution is -2.46. The Bertz CT molecular complexity index is 1170. The Morgan fingerprint density at radius 2 is 1.95 bits per heavy atom. The Balaban J connectivity index is 1.45. The minimum atomic E-state index is -1.01. The number of halogens is 1. The molecule has 0 bridgehead atoms. The highest BCUT2D eigenvalue weighted by atomic mass is 79.9. The van der Waals surface area contributed by atoms with Gasteiger partial charge in [0, 0.05) is 23.0 Å². The number of phenolic OH excluding ortho intramolecular Hbond substituents is 1. The van der Waals surface area contributed by atoms with Crippen molar-refractivity contribution in [2.45, 2.75) is 71.2 Å². The summed E-state index contributed by atoms with van der Waals surface area (Å²) >= 11 is 3.43. The van der Waals surface area contributed by atoms with E-state index in [1.807, 2.05) is 26.0 Å². The van der Waals surface area contributed by atoms with Gasteiger partial charge in [0.05, 0.1) is 17.9 Å². The number of carbonyl (C=O) groups excluding carboxylic acids is 2. The molecule has 1 aromatic carbocycles. The molecule has 38 heavy (non-hydrogen) atoms. The molecule has 1 aliphatic carbocycles. The molecular weight excluding hydrogens is 553 g/mol. The number of aliphatic carboxylic acids is 1. The van der Waals surface area contributed by atoms with Crippen LogP contribution in [-0.2, 0) is 19.0 Å². The van der Waals surface area contributed by atoms with E-state index in [0.717, 1.165) is 21.2 Å². The van der Waals surface area contributed by atoms with Crippen molar-refractivity contribution in [2.24, 2.45) is 17.8 Å². The van der Waals surface area contributed by atoms with Crippen molar-refractivity contribution in [1.82, 2.24) is 4.90 Å². The second-order valence-corrected chi connectivity index (χ2v) is 11.7. The van der Waals surface area contributed by atoms with Crippen molar-refractivity contribution in [3.63, 3.8) is 0 Å². The predicted octanol–water partition coefficient (Wildman–Crippen LogP) is 4.80. The first kappa shape index (κ1) is 28.6. The first-order chi connectivity index (χ1) is 18.1. The van der Waals surface area contributed by atoms with E-state index in [9.17, 15) is 24.5 Å². The van der Waals surface area contributed by atoms with Gasteiger partial charge >= 0.3 is 13.1 Å². The summed E-state index contributed by atoms with van der Waals surface area (Å²) < 4.78 is 6.85. The zero-order valence-electron chi connectivity index (χ0n) is 21.9. The highest BCUT2D eigenvalue weighted by molar-refractivity contribution is 9.10. The van der Waals surface area contributed by atoms with Gasteiger partial charge < -0.3 is 19.9 Å². The topological polar surface area (TPSA) is 124 Å². The van der Waals surface area contributed by atoms with Crippen molar-refractivity contribution in [1.29, 1.82) is 0 Å². The number of rotatable bonds is 10. The molecule has 0 unspecified atom stereocenters. The minimum Gasteiger partial charge on any atom is -0.507 e. The summed E-state index contributed by atoms with van der Waals surface area (Å²) in [5.41, 5.74) is 3.86. The van der Waals surface area contributed by atoms with Gasteiger partial charge in [-0.3, -0.25) is 19.3 Å². The second-order valence-electron chi connectivity index (χ2n) is 10.8. The lowest BCUT2D eigenvalue weighted by molar-refractivity contribution is -0.141. The van der Waals surface area contributed by atoms with Crippen LogP contribution in [0.1, 0.15) is 64.4 Å². The van der Waals surface area contributed by atoms with E-state index in [1.165, 1.54) is 4.90 Å². The quantitative estimate of drug-likeness (QED) is 0.155. The maximum atomic E-state index is 13.5. The molecule has 2 fully saturated rings. The molecule has 10 heteroatoms.